The van der Waals surface area contributed by atoms with E-state index in [0.29, 0.717) is 32.2 Å². The molecule has 0 saturated heterocycles. The van der Waals surface area contributed by atoms with Gasteiger partial charge in [-0.15, -0.1) is 11.3 Å². The molecule has 2 heterocycles. The minimum Gasteiger partial charge on any atom is -0.606 e. The van der Waals surface area contributed by atoms with Gasteiger partial charge in [-0.3, -0.25) is 14.4 Å². The van der Waals surface area contributed by atoms with E-state index in [4.69, 9.17) is 0 Å². The van der Waals surface area contributed by atoms with Crippen molar-refractivity contribution in [1.82, 2.24) is 15.6 Å². The van der Waals surface area contributed by atoms with Crippen molar-refractivity contribution < 1.29 is 18.9 Å². The van der Waals surface area contributed by atoms with Gasteiger partial charge in [0.25, 0.3) is 17.7 Å². The van der Waals surface area contributed by atoms with Gasteiger partial charge in [0.2, 0.25) is 0 Å². The van der Waals surface area contributed by atoms with Gasteiger partial charge in [-0.2, -0.15) is 0 Å². The van der Waals surface area contributed by atoms with Crippen molar-refractivity contribution in [3.05, 3.63) is 94.5 Å². The van der Waals surface area contributed by atoms with Gasteiger partial charge in [0.1, 0.15) is 5.01 Å². The van der Waals surface area contributed by atoms with Crippen LogP contribution in [0.3, 0.4) is 0 Å². The van der Waals surface area contributed by atoms with Gasteiger partial charge < -0.3 is 20.5 Å². The number of nitrogens with zero attached hydrogens (tertiary/aromatic N) is 1. The Balaban J connectivity index is 1.28. The third kappa shape index (κ3) is 4.61. The van der Waals surface area contributed by atoms with E-state index in [9.17, 15) is 18.9 Å². The smallest absolute Gasteiger partial charge is 0.260 e. The molecule has 10 heteroatoms. The van der Waals surface area contributed by atoms with E-state index < -0.39 is 11.2 Å². The van der Waals surface area contributed by atoms with E-state index in [2.05, 4.69) is 20.9 Å². The third-order valence-electron chi connectivity index (χ3n) is 5.62. The molecule has 0 aliphatic carbocycles. The average molecular weight is 517 g/mol. The van der Waals surface area contributed by atoms with Crippen LogP contribution in [0, 0.1) is 0 Å². The molecule has 3 amide bonds. The van der Waals surface area contributed by atoms with Gasteiger partial charge in [-0.1, -0.05) is 24.3 Å². The summed E-state index contributed by atoms with van der Waals surface area (Å²) in [6, 6.07) is 18.6. The van der Waals surface area contributed by atoms with Gasteiger partial charge in [-0.25, -0.2) is 4.98 Å². The monoisotopic (exact) mass is 516 g/mol. The first-order valence-corrected chi connectivity index (χ1v) is 12.9. The fraction of sp³-hybridized carbons (Fsp3) is 0.0769. The molecule has 4 aromatic rings. The Kier molecular flexibility index (Phi) is 6.55. The molecule has 1 atom stereocenters. The van der Waals surface area contributed by atoms with Crippen molar-refractivity contribution in [2.75, 3.05) is 12.4 Å². The van der Waals surface area contributed by atoms with Gasteiger partial charge in [0.15, 0.2) is 9.79 Å². The van der Waals surface area contributed by atoms with Gasteiger partial charge in [-0.05, 0) is 42.5 Å². The van der Waals surface area contributed by atoms with E-state index in [1.807, 2.05) is 12.1 Å². The molecule has 1 aliphatic heterocycles. The average Bonchev–Trinajstić information content (AvgIpc) is 3.36. The summed E-state index contributed by atoms with van der Waals surface area (Å²) in [4.78, 5) is 43.3. The van der Waals surface area contributed by atoms with Crippen molar-refractivity contribution in [1.29, 1.82) is 0 Å². The first-order valence-electron chi connectivity index (χ1n) is 11.0. The molecular formula is C26H20N4O4S2. The number of thiazole rings is 1. The number of hydrogen-bond acceptors (Lipinski definition) is 6. The van der Waals surface area contributed by atoms with Crippen LogP contribution >= 0.6 is 11.3 Å². The standard InChI is InChI=1S/C26H20N4O4S2/c1-27-23(31)15-6-8-16(9-7-15)26-29-14-18(35-26)13-28-24(32)17-10-11-22-20(12-17)30-25(33)19-4-2-3-5-21(19)36(22)34/h2-12,14H,13H2,1H3,(H,27,31)(H,28,32)(H,30,33). The van der Waals surface area contributed by atoms with Gasteiger partial charge >= 0.3 is 0 Å². The first kappa shape index (κ1) is 23.7. The van der Waals surface area contributed by atoms with Crippen molar-refractivity contribution in [2.45, 2.75) is 16.3 Å². The molecular weight excluding hydrogens is 496 g/mol. The molecule has 5 rings (SSSR count). The Bertz CT molecular complexity index is 1480. The highest BCUT2D eigenvalue weighted by atomic mass is 32.2. The highest BCUT2D eigenvalue weighted by Gasteiger charge is 2.30. The largest absolute Gasteiger partial charge is 0.606 e. The molecule has 3 N–H and O–H groups in total. The summed E-state index contributed by atoms with van der Waals surface area (Å²) in [5, 5.41) is 8.99. The van der Waals surface area contributed by atoms with Crippen LogP contribution in [0.25, 0.3) is 10.6 Å². The summed E-state index contributed by atoms with van der Waals surface area (Å²) >= 11 is -0.109. The molecule has 0 spiro atoms. The Morgan fingerprint density at radius 2 is 1.75 bits per heavy atom. The highest BCUT2D eigenvalue weighted by molar-refractivity contribution is 7.91. The Hall–Kier alpha value is -3.99. The molecule has 180 valence electrons. The van der Waals surface area contributed by atoms with E-state index in [0.717, 1.165) is 15.4 Å². The quantitative estimate of drug-likeness (QED) is 0.348. The summed E-state index contributed by atoms with van der Waals surface area (Å²) in [5.41, 5.74) is 2.48. The van der Waals surface area contributed by atoms with Crippen molar-refractivity contribution >= 4 is 45.9 Å². The number of rotatable bonds is 5. The lowest BCUT2D eigenvalue weighted by molar-refractivity contribution is 0.0946. The van der Waals surface area contributed by atoms with Crippen LogP contribution in [0.15, 0.2) is 82.7 Å². The van der Waals surface area contributed by atoms with Crippen LogP contribution < -0.4 is 16.0 Å². The Morgan fingerprint density at radius 3 is 2.53 bits per heavy atom. The maximum absolute atomic E-state index is 13.0. The number of nitrogens with one attached hydrogen (secondary N) is 3. The SMILES string of the molecule is CNC(=O)c1ccc(-c2ncc(CNC(=O)c3ccc4c(c3)NC(=O)c3ccccc3[S+]4[O-])s2)cc1. The summed E-state index contributed by atoms with van der Waals surface area (Å²) in [6.07, 6.45) is 1.70. The molecule has 3 aromatic carbocycles. The summed E-state index contributed by atoms with van der Waals surface area (Å²) in [5.74, 6) is -0.850. The van der Waals surface area contributed by atoms with Crippen LogP contribution in [-0.2, 0) is 17.7 Å². The van der Waals surface area contributed by atoms with Crippen LogP contribution in [-0.4, -0.2) is 34.3 Å². The van der Waals surface area contributed by atoms with Crippen molar-refractivity contribution in [3.63, 3.8) is 0 Å². The van der Waals surface area contributed by atoms with Crippen LogP contribution in [0.4, 0.5) is 5.69 Å². The molecule has 1 aromatic heterocycles. The third-order valence-corrected chi connectivity index (χ3v) is 8.18. The zero-order valence-corrected chi connectivity index (χ0v) is 20.7. The van der Waals surface area contributed by atoms with Gasteiger partial charge in [0.05, 0.1) is 17.8 Å². The number of aromatic nitrogens is 1. The first-order chi connectivity index (χ1) is 17.4. The minimum atomic E-state index is -1.55. The van der Waals surface area contributed by atoms with Crippen molar-refractivity contribution in [3.8, 4) is 10.6 Å². The van der Waals surface area contributed by atoms with E-state index in [1.54, 1.807) is 67.8 Å². The molecule has 1 unspecified atom stereocenters. The molecule has 0 bridgehead atoms. The second-order valence-corrected chi connectivity index (χ2v) is 10.4. The number of anilines is 1. The lowest BCUT2D eigenvalue weighted by atomic mass is 10.1. The predicted octanol–water partition coefficient (Wildman–Crippen LogP) is 3.83. The van der Waals surface area contributed by atoms with Crippen LogP contribution in [0.2, 0.25) is 0 Å². The van der Waals surface area contributed by atoms with E-state index in [1.165, 1.54) is 11.3 Å². The Labute approximate surface area is 214 Å². The summed E-state index contributed by atoms with van der Waals surface area (Å²) in [7, 11) is 1.58. The normalized spacial score (nSPS) is 14.2. The minimum absolute atomic E-state index is 0.155. The number of carbonyl (C=O) groups is 3. The molecule has 0 saturated carbocycles. The molecule has 36 heavy (non-hydrogen) atoms. The molecule has 0 radical (unpaired) electrons. The fourth-order valence-corrected chi connectivity index (χ4v) is 5.91. The number of fused-ring (bicyclic) bond motifs is 2. The lowest BCUT2D eigenvalue weighted by Gasteiger charge is -2.12. The maximum atomic E-state index is 13.0. The maximum Gasteiger partial charge on any atom is 0.260 e. The van der Waals surface area contributed by atoms with E-state index in [-0.39, 0.29) is 24.3 Å². The summed E-state index contributed by atoms with van der Waals surface area (Å²) < 4.78 is 13.0. The number of benzene rings is 3. The van der Waals surface area contributed by atoms with Crippen LogP contribution in [0.5, 0.6) is 0 Å². The fourth-order valence-electron chi connectivity index (χ4n) is 3.76. The highest BCUT2D eigenvalue weighted by Crippen LogP contribution is 2.34. The topological polar surface area (TPSA) is 123 Å². The summed E-state index contributed by atoms with van der Waals surface area (Å²) in [6.45, 7) is 0.271. The second-order valence-electron chi connectivity index (χ2n) is 7.90. The molecule has 1 aliphatic rings. The number of amides is 3. The Morgan fingerprint density at radius 1 is 1.00 bits per heavy atom. The molecule has 8 nitrogen and oxygen atoms in total. The zero-order chi connectivity index (χ0) is 25.2. The lowest BCUT2D eigenvalue weighted by Crippen LogP contribution is -2.22. The van der Waals surface area contributed by atoms with Gasteiger partial charge in [0, 0.05) is 46.0 Å². The number of carbonyl (C=O) groups excluding carboxylic acids is 3. The molecule has 0 fully saturated rings. The number of hydrogen-bond donors (Lipinski definition) is 3. The predicted molar refractivity (Wildman–Crippen MR) is 138 cm³/mol. The zero-order valence-electron chi connectivity index (χ0n) is 19.0. The van der Waals surface area contributed by atoms with Crippen LogP contribution in [0.1, 0.15) is 36.0 Å². The van der Waals surface area contributed by atoms with E-state index >= 15 is 0 Å². The van der Waals surface area contributed by atoms with Crippen molar-refractivity contribution in [2.24, 2.45) is 0 Å². The second kappa shape index (κ2) is 9.94.